The average Bonchev–Trinajstić information content (AvgIpc) is 2.17. The second kappa shape index (κ2) is 2.53. The maximum Gasteiger partial charge on any atom is 0.338 e. The number of hydrogen-bond acceptors (Lipinski definition) is 5. The van der Waals surface area contributed by atoms with E-state index in [1.807, 2.05) is 0 Å². The maximum atomic E-state index is 10.4. The van der Waals surface area contributed by atoms with E-state index in [-0.39, 0.29) is 0 Å². The summed E-state index contributed by atoms with van der Waals surface area (Å²) in [6, 6.07) is 0. The number of hydrogen-bond donors (Lipinski definition) is 3. The molecular formula is C5H8O5. The van der Waals surface area contributed by atoms with E-state index in [1.54, 1.807) is 0 Å². The molecule has 5 nitrogen and oxygen atoms in total. The van der Waals surface area contributed by atoms with Crippen LogP contribution in [0.25, 0.3) is 0 Å². The van der Waals surface area contributed by atoms with Crippen LogP contribution in [-0.4, -0.2) is 46.2 Å². The average molecular weight is 148 g/mol. The molecular weight excluding hydrogens is 140 g/mol. The Morgan fingerprint density at radius 2 is 2.10 bits per heavy atom. The number of esters is 1. The van der Waals surface area contributed by atoms with Gasteiger partial charge in [0.1, 0.15) is 6.10 Å². The van der Waals surface area contributed by atoms with Crippen molar-refractivity contribution in [3.63, 3.8) is 0 Å². The number of rotatable bonds is 1. The predicted octanol–water partition coefficient (Wildman–Crippen LogP) is -2.37. The topological polar surface area (TPSA) is 87.0 Å². The molecule has 3 atom stereocenters. The Kier molecular flexibility index (Phi) is 1.89. The molecule has 0 saturated carbocycles. The van der Waals surface area contributed by atoms with Crippen LogP contribution in [0.5, 0.6) is 0 Å². The van der Waals surface area contributed by atoms with Gasteiger partial charge in [-0.05, 0) is 0 Å². The first-order valence-corrected chi connectivity index (χ1v) is 2.84. The van der Waals surface area contributed by atoms with Crippen LogP contribution in [0.1, 0.15) is 0 Å². The molecule has 3 N–H and O–H groups in total. The van der Waals surface area contributed by atoms with Crippen LogP contribution in [0, 0.1) is 0 Å². The molecule has 0 spiro atoms. The third kappa shape index (κ3) is 0.985. The van der Waals surface area contributed by atoms with Crippen molar-refractivity contribution in [2.75, 3.05) is 6.61 Å². The van der Waals surface area contributed by atoms with Gasteiger partial charge in [-0.15, -0.1) is 0 Å². The Bertz CT molecular complexity index is 145. The smallest absolute Gasteiger partial charge is 0.338 e. The van der Waals surface area contributed by atoms with Crippen molar-refractivity contribution in [2.24, 2.45) is 0 Å². The van der Waals surface area contributed by atoms with Gasteiger partial charge in [0.15, 0.2) is 12.2 Å². The zero-order chi connectivity index (χ0) is 7.72. The molecule has 0 amide bonds. The van der Waals surface area contributed by atoms with Crippen molar-refractivity contribution in [2.45, 2.75) is 18.3 Å². The van der Waals surface area contributed by atoms with Crippen molar-refractivity contribution < 1.29 is 24.9 Å². The Labute approximate surface area is 56.9 Å². The minimum absolute atomic E-state index is 0.468. The summed E-state index contributed by atoms with van der Waals surface area (Å²) >= 11 is 0. The summed E-state index contributed by atoms with van der Waals surface area (Å²) in [4.78, 5) is 10.4. The molecule has 0 aromatic carbocycles. The number of carbonyl (C=O) groups is 1. The van der Waals surface area contributed by atoms with Crippen molar-refractivity contribution in [3.05, 3.63) is 0 Å². The van der Waals surface area contributed by atoms with Gasteiger partial charge < -0.3 is 20.1 Å². The van der Waals surface area contributed by atoms with Gasteiger partial charge >= 0.3 is 5.97 Å². The molecule has 1 heterocycles. The molecule has 10 heavy (non-hydrogen) atoms. The van der Waals surface area contributed by atoms with Crippen molar-refractivity contribution >= 4 is 5.97 Å². The van der Waals surface area contributed by atoms with Crippen LogP contribution in [0.2, 0.25) is 0 Å². The minimum atomic E-state index is -1.50. The highest BCUT2D eigenvalue weighted by Gasteiger charge is 2.41. The fourth-order valence-electron chi connectivity index (χ4n) is 0.777. The van der Waals surface area contributed by atoms with Crippen LogP contribution in [-0.2, 0) is 9.53 Å². The summed E-state index contributed by atoms with van der Waals surface area (Å²) in [5, 5.41) is 26.0. The summed E-state index contributed by atoms with van der Waals surface area (Å²) in [6.07, 6.45) is -3.77. The van der Waals surface area contributed by atoms with Crippen LogP contribution in [0.15, 0.2) is 0 Å². The Morgan fingerprint density at radius 3 is 2.30 bits per heavy atom. The molecule has 0 aliphatic carbocycles. The van der Waals surface area contributed by atoms with E-state index in [1.165, 1.54) is 0 Å². The van der Waals surface area contributed by atoms with E-state index < -0.39 is 30.9 Å². The molecule has 2 unspecified atom stereocenters. The molecule has 0 aromatic heterocycles. The SMILES string of the molecule is O=C1OC(CO)C(O)[C@H]1O. The van der Waals surface area contributed by atoms with Gasteiger partial charge in [0, 0.05) is 0 Å². The largest absolute Gasteiger partial charge is 0.455 e. The van der Waals surface area contributed by atoms with Crippen LogP contribution >= 0.6 is 0 Å². The van der Waals surface area contributed by atoms with Gasteiger partial charge in [-0.1, -0.05) is 0 Å². The predicted molar refractivity (Wildman–Crippen MR) is 29.0 cm³/mol. The van der Waals surface area contributed by atoms with E-state index in [0.29, 0.717) is 0 Å². The van der Waals surface area contributed by atoms with Crippen molar-refractivity contribution in [1.82, 2.24) is 0 Å². The number of carbonyl (C=O) groups excluding carboxylic acids is 1. The lowest BCUT2D eigenvalue weighted by atomic mass is 10.1. The van der Waals surface area contributed by atoms with E-state index in [0.717, 1.165) is 0 Å². The second-order valence-electron chi connectivity index (χ2n) is 2.09. The summed E-state index contributed by atoms with van der Waals surface area (Å²) in [5.74, 6) is -0.883. The normalized spacial score (nSPS) is 39.9. The molecule has 1 aliphatic rings. The molecule has 1 saturated heterocycles. The number of aliphatic hydroxyl groups excluding tert-OH is 3. The molecule has 0 aromatic rings. The number of ether oxygens (including phenoxy) is 1. The van der Waals surface area contributed by atoms with Crippen LogP contribution in [0.3, 0.4) is 0 Å². The summed E-state index contributed by atoms with van der Waals surface area (Å²) < 4.78 is 4.35. The van der Waals surface area contributed by atoms with Gasteiger partial charge in [-0.2, -0.15) is 0 Å². The van der Waals surface area contributed by atoms with Gasteiger partial charge in [0.25, 0.3) is 0 Å². The summed E-state index contributed by atoms with van der Waals surface area (Å²) in [6.45, 7) is -0.468. The monoisotopic (exact) mass is 148 g/mol. The molecule has 1 aliphatic heterocycles. The lowest BCUT2D eigenvalue weighted by Crippen LogP contribution is -2.32. The van der Waals surface area contributed by atoms with Gasteiger partial charge in [0.05, 0.1) is 6.61 Å². The second-order valence-corrected chi connectivity index (χ2v) is 2.09. The third-order valence-electron chi connectivity index (χ3n) is 1.39. The third-order valence-corrected chi connectivity index (χ3v) is 1.39. The maximum absolute atomic E-state index is 10.4. The highest BCUT2D eigenvalue weighted by molar-refractivity contribution is 5.77. The standard InChI is InChI=1S/C5H8O5/c6-1-2-3(7)4(8)5(9)10-2/h2-4,6-8H,1H2/t2?,3?,4-/m1/s1. The lowest BCUT2D eigenvalue weighted by Gasteiger charge is -2.08. The fourth-order valence-corrected chi connectivity index (χ4v) is 0.777. The minimum Gasteiger partial charge on any atom is -0.455 e. The fraction of sp³-hybridized carbons (Fsp3) is 0.800. The Hall–Kier alpha value is -0.650. The van der Waals surface area contributed by atoms with Crippen LogP contribution < -0.4 is 0 Å². The van der Waals surface area contributed by atoms with Crippen molar-refractivity contribution in [3.8, 4) is 0 Å². The summed E-state index contributed by atoms with van der Waals surface area (Å²) in [5.41, 5.74) is 0. The Morgan fingerprint density at radius 1 is 1.50 bits per heavy atom. The molecule has 1 fully saturated rings. The molecule has 58 valence electrons. The molecule has 0 bridgehead atoms. The van der Waals surface area contributed by atoms with Gasteiger partial charge in [0.2, 0.25) is 0 Å². The van der Waals surface area contributed by atoms with Gasteiger partial charge in [-0.3, -0.25) is 0 Å². The first-order valence-electron chi connectivity index (χ1n) is 2.84. The quantitative estimate of drug-likeness (QED) is 0.362. The summed E-state index contributed by atoms with van der Waals surface area (Å²) in [7, 11) is 0. The lowest BCUT2D eigenvalue weighted by molar-refractivity contribution is -0.148. The van der Waals surface area contributed by atoms with E-state index in [9.17, 15) is 4.79 Å². The highest BCUT2D eigenvalue weighted by atomic mass is 16.6. The number of cyclic esters (lactones) is 1. The highest BCUT2D eigenvalue weighted by Crippen LogP contribution is 2.14. The van der Waals surface area contributed by atoms with E-state index in [2.05, 4.69) is 4.74 Å². The van der Waals surface area contributed by atoms with Crippen molar-refractivity contribution in [1.29, 1.82) is 0 Å². The van der Waals surface area contributed by atoms with E-state index >= 15 is 0 Å². The molecule has 5 heteroatoms. The zero-order valence-electron chi connectivity index (χ0n) is 5.10. The Balaban J connectivity index is 2.61. The van der Waals surface area contributed by atoms with Gasteiger partial charge in [-0.25, -0.2) is 4.79 Å². The first-order chi connectivity index (χ1) is 4.66. The molecule has 1 rings (SSSR count). The first kappa shape index (κ1) is 7.46. The van der Waals surface area contributed by atoms with E-state index in [4.69, 9.17) is 15.3 Å². The van der Waals surface area contributed by atoms with Crippen LogP contribution in [0.4, 0.5) is 0 Å². The number of aliphatic hydroxyl groups is 3. The zero-order valence-corrected chi connectivity index (χ0v) is 5.10. The molecule has 0 radical (unpaired) electrons.